The number of rotatable bonds is 6. The average Bonchev–Trinajstić information content (AvgIpc) is 2.79. The number of carboxylic acids is 1. The zero-order valence-corrected chi connectivity index (χ0v) is 16.3. The van der Waals surface area contributed by atoms with Crippen molar-refractivity contribution in [2.45, 2.75) is 10.4 Å². The normalized spacial score (nSPS) is 11.7. The molecule has 5 heteroatoms. The summed E-state index contributed by atoms with van der Waals surface area (Å²) in [5.41, 5.74) is 4.15. The Morgan fingerprint density at radius 2 is 1.17 bits per heavy atom. The second kappa shape index (κ2) is 8.71. The van der Waals surface area contributed by atoms with Crippen LogP contribution in [-0.4, -0.2) is 21.0 Å². The lowest BCUT2D eigenvalue weighted by Gasteiger charge is -2.13. The predicted molar refractivity (Wildman–Crippen MR) is 116 cm³/mol. The number of carboxylic acid groups (broad SMARTS) is 1. The van der Waals surface area contributed by atoms with Crippen LogP contribution in [-0.2, 0) is 4.79 Å². The number of hydrogen-bond donors (Lipinski definition) is 1. The minimum Gasteiger partial charge on any atom is -0.480 e. The number of benzene rings is 3. The molecule has 0 aliphatic heterocycles. The summed E-state index contributed by atoms with van der Waals surface area (Å²) in [5.74, 6) is -0.920. The summed E-state index contributed by atoms with van der Waals surface area (Å²) < 4.78 is 0. The second-order valence-corrected chi connectivity index (χ2v) is 7.47. The number of aromatic nitrogens is 2. The monoisotopic (exact) mass is 398 g/mol. The first-order valence-electron chi connectivity index (χ1n) is 9.15. The second-order valence-electron chi connectivity index (χ2n) is 6.40. The Morgan fingerprint density at radius 1 is 0.724 bits per heavy atom. The van der Waals surface area contributed by atoms with Crippen LogP contribution in [0.2, 0.25) is 0 Å². The molecule has 0 fully saturated rings. The highest BCUT2D eigenvalue weighted by Crippen LogP contribution is 2.35. The Labute approximate surface area is 173 Å². The van der Waals surface area contributed by atoms with Crippen molar-refractivity contribution in [1.29, 1.82) is 0 Å². The summed E-state index contributed by atoms with van der Waals surface area (Å²) in [4.78, 5) is 21.3. The van der Waals surface area contributed by atoms with Gasteiger partial charge in [0.25, 0.3) is 0 Å². The van der Waals surface area contributed by atoms with E-state index in [2.05, 4.69) is 9.97 Å². The van der Waals surface area contributed by atoms with Crippen molar-refractivity contribution in [2.24, 2.45) is 0 Å². The molecule has 0 radical (unpaired) electrons. The molecule has 4 aromatic rings. The maximum absolute atomic E-state index is 11.9. The standard InChI is InChI=1S/C24H18N2O2S/c27-23(28)22(19-14-8-3-9-15-19)29-24-25-20(17-10-4-1-5-11-17)16-21(26-24)18-12-6-2-7-13-18/h1-16,22H,(H,27,28). The lowest BCUT2D eigenvalue weighted by atomic mass is 10.1. The van der Waals surface area contributed by atoms with Gasteiger partial charge in [-0.1, -0.05) is 103 Å². The van der Waals surface area contributed by atoms with Crippen molar-refractivity contribution in [1.82, 2.24) is 9.97 Å². The van der Waals surface area contributed by atoms with Crippen LogP contribution < -0.4 is 0 Å². The molecular weight excluding hydrogens is 380 g/mol. The molecule has 0 bridgehead atoms. The van der Waals surface area contributed by atoms with E-state index in [-0.39, 0.29) is 0 Å². The van der Waals surface area contributed by atoms with E-state index in [1.165, 1.54) is 0 Å². The van der Waals surface area contributed by atoms with E-state index in [1.807, 2.05) is 97.1 Å². The van der Waals surface area contributed by atoms with E-state index in [0.29, 0.717) is 10.7 Å². The van der Waals surface area contributed by atoms with E-state index in [0.717, 1.165) is 34.3 Å². The van der Waals surface area contributed by atoms with Crippen LogP contribution in [0, 0.1) is 0 Å². The Kier molecular flexibility index (Phi) is 5.68. The highest BCUT2D eigenvalue weighted by Gasteiger charge is 2.23. The molecular formula is C24H18N2O2S. The number of thioether (sulfide) groups is 1. The molecule has 4 rings (SSSR count). The molecule has 0 saturated heterocycles. The molecule has 142 valence electrons. The third-order valence-corrected chi connectivity index (χ3v) is 5.50. The maximum atomic E-state index is 11.9. The van der Waals surface area contributed by atoms with Crippen molar-refractivity contribution < 1.29 is 9.90 Å². The molecule has 29 heavy (non-hydrogen) atoms. The van der Waals surface area contributed by atoms with Crippen LogP contribution in [0.15, 0.2) is 102 Å². The SMILES string of the molecule is O=C(O)C(Sc1nc(-c2ccccc2)cc(-c2ccccc2)n1)c1ccccc1. The number of hydrogen-bond acceptors (Lipinski definition) is 4. The number of nitrogens with zero attached hydrogens (tertiary/aromatic N) is 2. The molecule has 1 unspecified atom stereocenters. The lowest BCUT2D eigenvalue weighted by Crippen LogP contribution is -2.09. The third-order valence-electron chi connectivity index (χ3n) is 4.39. The Bertz CT molecular complexity index is 1050. The Hall–Kier alpha value is -3.44. The van der Waals surface area contributed by atoms with Crippen molar-refractivity contribution >= 4 is 17.7 Å². The van der Waals surface area contributed by atoms with Crippen molar-refractivity contribution in [3.8, 4) is 22.5 Å². The van der Waals surface area contributed by atoms with Gasteiger partial charge in [0.1, 0.15) is 5.25 Å². The molecule has 0 aliphatic carbocycles. The maximum Gasteiger partial charge on any atom is 0.321 e. The van der Waals surface area contributed by atoms with Crippen LogP contribution >= 0.6 is 11.8 Å². The van der Waals surface area contributed by atoms with Gasteiger partial charge in [0.15, 0.2) is 5.16 Å². The van der Waals surface area contributed by atoms with Crippen LogP contribution in [0.3, 0.4) is 0 Å². The fourth-order valence-electron chi connectivity index (χ4n) is 2.99. The van der Waals surface area contributed by atoms with Crippen molar-refractivity contribution in [3.05, 3.63) is 103 Å². The van der Waals surface area contributed by atoms with E-state index >= 15 is 0 Å². The summed E-state index contributed by atoms with van der Waals surface area (Å²) in [6, 6.07) is 30.8. The van der Waals surface area contributed by atoms with E-state index in [1.54, 1.807) is 0 Å². The fraction of sp³-hybridized carbons (Fsp3) is 0.0417. The quantitative estimate of drug-likeness (QED) is 0.332. The molecule has 0 aliphatic rings. The van der Waals surface area contributed by atoms with Gasteiger partial charge >= 0.3 is 5.97 Å². The van der Waals surface area contributed by atoms with Crippen molar-refractivity contribution in [3.63, 3.8) is 0 Å². The number of carbonyl (C=O) groups is 1. The zero-order valence-electron chi connectivity index (χ0n) is 15.5. The summed E-state index contributed by atoms with van der Waals surface area (Å²) in [6.07, 6.45) is 0. The molecule has 1 heterocycles. The highest BCUT2D eigenvalue weighted by atomic mass is 32.2. The van der Waals surface area contributed by atoms with Gasteiger partial charge < -0.3 is 5.11 Å². The van der Waals surface area contributed by atoms with E-state index < -0.39 is 11.2 Å². The van der Waals surface area contributed by atoms with Gasteiger partial charge in [-0.2, -0.15) is 0 Å². The van der Waals surface area contributed by atoms with Gasteiger partial charge in [0.05, 0.1) is 11.4 Å². The van der Waals surface area contributed by atoms with Crippen molar-refractivity contribution in [2.75, 3.05) is 0 Å². The molecule has 0 saturated carbocycles. The first kappa shape index (κ1) is 18.9. The van der Waals surface area contributed by atoms with Crippen LogP contribution in [0.25, 0.3) is 22.5 Å². The minimum absolute atomic E-state index is 0.432. The summed E-state index contributed by atoms with van der Waals surface area (Å²) >= 11 is 1.15. The van der Waals surface area contributed by atoms with Gasteiger partial charge in [-0.25, -0.2) is 9.97 Å². The lowest BCUT2D eigenvalue weighted by molar-refractivity contribution is -0.136. The molecule has 0 amide bonds. The zero-order chi connectivity index (χ0) is 20.1. The molecule has 4 nitrogen and oxygen atoms in total. The van der Waals surface area contributed by atoms with Gasteiger partial charge in [-0.05, 0) is 11.6 Å². The largest absolute Gasteiger partial charge is 0.480 e. The van der Waals surface area contributed by atoms with Crippen LogP contribution in [0.5, 0.6) is 0 Å². The molecule has 1 aromatic heterocycles. The highest BCUT2D eigenvalue weighted by molar-refractivity contribution is 8.00. The van der Waals surface area contributed by atoms with Gasteiger partial charge in [0, 0.05) is 11.1 Å². The molecule has 0 spiro atoms. The summed E-state index contributed by atoms with van der Waals surface area (Å²) in [7, 11) is 0. The first-order valence-corrected chi connectivity index (χ1v) is 10.0. The minimum atomic E-state index is -0.920. The topological polar surface area (TPSA) is 63.1 Å². The smallest absolute Gasteiger partial charge is 0.321 e. The summed E-state index contributed by atoms with van der Waals surface area (Å²) in [6.45, 7) is 0. The molecule has 1 N–H and O–H groups in total. The van der Waals surface area contributed by atoms with E-state index in [4.69, 9.17) is 0 Å². The van der Waals surface area contributed by atoms with E-state index in [9.17, 15) is 9.90 Å². The van der Waals surface area contributed by atoms with Gasteiger partial charge in [-0.15, -0.1) is 0 Å². The average molecular weight is 398 g/mol. The predicted octanol–water partition coefficient (Wildman–Crippen LogP) is 5.73. The first-order chi connectivity index (χ1) is 14.2. The van der Waals surface area contributed by atoms with Gasteiger partial charge in [0.2, 0.25) is 0 Å². The molecule has 1 atom stereocenters. The Morgan fingerprint density at radius 3 is 1.62 bits per heavy atom. The van der Waals surface area contributed by atoms with Crippen LogP contribution in [0.4, 0.5) is 0 Å². The fourth-order valence-corrected chi connectivity index (χ4v) is 3.89. The van der Waals surface area contributed by atoms with Crippen LogP contribution in [0.1, 0.15) is 10.8 Å². The summed E-state index contributed by atoms with van der Waals surface area (Å²) in [5, 5.41) is 9.43. The third kappa shape index (κ3) is 4.52. The molecule has 3 aromatic carbocycles. The number of aliphatic carboxylic acids is 1. The van der Waals surface area contributed by atoms with Gasteiger partial charge in [-0.3, -0.25) is 4.79 Å². The Balaban J connectivity index is 1.79.